The van der Waals surface area contributed by atoms with Gasteiger partial charge < -0.3 is 151 Å². The molecule has 42 nitrogen and oxygen atoms in total. The number of aliphatic hydroxyl groups is 9. The summed E-state index contributed by atoms with van der Waals surface area (Å²) in [6.07, 6.45) is -4.38. The predicted octanol–water partition coefficient (Wildman–Crippen LogP) is -2.62. The van der Waals surface area contributed by atoms with Crippen LogP contribution in [0.25, 0.3) is 0 Å². The number of amides is 10. The number of Topliss-reactive ketones (excluding diaryl/α,β-unsaturated/α-hetero) is 1. The molecule has 4 aliphatic heterocycles. The van der Waals surface area contributed by atoms with Crippen molar-refractivity contribution in [3.8, 4) is 0 Å². The predicted molar refractivity (Wildman–Crippen MR) is 443 cm³/mol. The largest absolute Gasteiger partial charge is 0.394 e. The highest BCUT2D eigenvalue weighted by molar-refractivity contribution is 7.51. The molecule has 4 aliphatic rings. The zero-order valence-corrected chi connectivity index (χ0v) is 73.8. The molecule has 4 rings (SSSR count). The second-order valence-corrected chi connectivity index (χ2v) is 34.4. The fourth-order valence-corrected chi connectivity index (χ4v) is 15.0. The van der Waals surface area contributed by atoms with Gasteiger partial charge in [0.2, 0.25) is 59.1 Å². The number of nitrogens with zero attached hydrogens (tertiary/aromatic N) is 1. The maximum atomic E-state index is 14.2. The fourth-order valence-electron chi connectivity index (χ4n) is 14.5. The summed E-state index contributed by atoms with van der Waals surface area (Å²) < 4.78 is 69.4. The number of ether oxygens (including phenoxy) is 9. The minimum Gasteiger partial charge on any atom is -0.394 e. The van der Waals surface area contributed by atoms with Gasteiger partial charge in [-0.05, 0) is 83.0 Å². The van der Waals surface area contributed by atoms with E-state index in [-0.39, 0.29) is 216 Å². The third-order valence-corrected chi connectivity index (χ3v) is 21.9. The Morgan fingerprint density at radius 3 is 1.01 bits per heavy atom. The van der Waals surface area contributed by atoms with Crippen LogP contribution in [0.4, 0.5) is 0 Å². The lowest BCUT2D eigenvalue weighted by atomic mass is 9.84. The van der Waals surface area contributed by atoms with Gasteiger partial charge in [-0.25, -0.2) is 0 Å². The normalized spacial score (nSPS) is 25.4. The highest BCUT2D eigenvalue weighted by Gasteiger charge is 2.48. The third kappa shape index (κ3) is 45.2. The van der Waals surface area contributed by atoms with Crippen LogP contribution in [0, 0.1) is 11.3 Å². The van der Waals surface area contributed by atoms with Crippen molar-refractivity contribution in [2.24, 2.45) is 11.3 Å². The molecule has 18 atom stereocenters. The SMILES string of the molecule is CC(=O)NC1C(OCCCCC(=O)NCCCNC(=O)CCOCC(COCCC(=O)NCCCNC(=O)CCCCOC2OC(CO)C(O)C(O)C2NC(C)=O)(COCCC(=O)NCCCNC(=O)CCCCOC2OC(CO)C(O)C(O)C2NC(C)=O)CC(=O)CCCCCCCCCCC(=O)N2C[C@H](C)C[C@H]2COP(C)(=O)O)OC(CO)C(O)C1O. The van der Waals surface area contributed by atoms with E-state index in [9.17, 15) is 108 Å². The molecule has 4 heterocycles. The fraction of sp³-hybridized carbons (Fsp3) is 0.864. The second kappa shape index (κ2) is 62.1. The summed E-state index contributed by atoms with van der Waals surface area (Å²) >= 11 is 0. The van der Waals surface area contributed by atoms with Crippen LogP contribution >= 0.6 is 7.60 Å². The number of aliphatic hydroxyl groups excluding tert-OH is 9. The summed E-state index contributed by atoms with van der Waals surface area (Å²) in [6.45, 7) is 6.48. The lowest BCUT2D eigenvalue weighted by molar-refractivity contribution is -0.270. The lowest BCUT2D eigenvalue weighted by Gasteiger charge is -2.42. The first-order valence-electron chi connectivity index (χ1n) is 43.8. The van der Waals surface area contributed by atoms with Crippen LogP contribution in [-0.2, 0) is 104 Å². The standard InChI is InChI=1S/C81H145N10O32P/c1-53-43-57(49-120-124(5,112)113)91(45-53)68(105)27-13-11-9-7-6-8-10-12-23-58(98)44-81(50-114-40-28-65(102)85-34-20-31-82-62(99)24-14-17-37-117-78-69(88-54(2)95)75(109)72(106)59(46-92)121-78,51-115-41-29-66(103)86-35-21-32-83-63(100)25-15-18-38-118-79-70(89-55(3)96)76(110)73(107)60(47-93)122-79)52-116-42-30-67(104)87-36-22-33-84-64(101)26-16-19-39-119-80-71(90-56(4)97)77(111)74(108)61(48-94)123-80/h53,57,59-61,69-80,92-94,106-111H,6-52H2,1-5H3,(H,82,99)(H,83,100)(H,84,101)(H,85,102)(H,86,103)(H,87,104)(H,88,95)(H,89,96)(H,90,97)(H,112,113)/t53-,57+,59?,60?,61?,69?,70?,71?,72?,73?,74?,75?,76?,77?,78?,79?,80?,81?/m1/s1. The molecule has 0 aromatic rings. The van der Waals surface area contributed by atoms with Crippen molar-refractivity contribution in [1.29, 1.82) is 0 Å². The molecule has 0 aromatic heterocycles. The molecular formula is C81H145N10O32P. The van der Waals surface area contributed by atoms with Gasteiger partial charge in [-0.3, -0.25) is 57.3 Å². The lowest BCUT2D eigenvalue weighted by Crippen LogP contribution is -2.64. The van der Waals surface area contributed by atoms with Gasteiger partial charge >= 0.3 is 7.60 Å². The summed E-state index contributed by atoms with van der Waals surface area (Å²) in [5.74, 6) is -3.20. The molecule has 4 saturated heterocycles. The monoisotopic (exact) mass is 1800 g/mol. The molecular weight excluding hydrogens is 1660 g/mol. The Balaban J connectivity index is 1.31. The van der Waals surface area contributed by atoms with Crippen LogP contribution in [0.3, 0.4) is 0 Å². The van der Waals surface area contributed by atoms with E-state index in [2.05, 4.69) is 47.9 Å². The number of nitrogens with one attached hydrogen (secondary N) is 9. The van der Waals surface area contributed by atoms with Crippen LogP contribution in [0.15, 0.2) is 0 Å². The van der Waals surface area contributed by atoms with Gasteiger partial charge in [-0.15, -0.1) is 0 Å². The molecule has 0 bridgehead atoms. The van der Waals surface area contributed by atoms with E-state index in [0.29, 0.717) is 90.0 Å². The van der Waals surface area contributed by atoms with Gasteiger partial charge in [0, 0.05) is 156 Å². The Morgan fingerprint density at radius 2 is 0.702 bits per heavy atom. The molecule has 0 saturated carbocycles. The Labute approximate surface area is 726 Å². The first-order chi connectivity index (χ1) is 59.2. The number of carbonyl (C=O) groups is 11. The quantitative estimate of drug-likeness (QED) is 0.0219. The topological polar surface area (TPSA) is 611 Å². The molecule has 124 heavy (non-hydrogen) atoms. The number of unbranched alkanes of at least 4 members (excludes halogenated alkanes) is 10. The van der Waals surface area contributed by atoms with E-state index in [4.69, 9.17) is 47.2 Å². The average molecular weight is 1800 g/mol. The van der Waals surface area contributed by atoms with Crippen molar-refractivity contribution in [2.75, 3.05) is 138 Å². The minimum absolute atomic E-state index is 0.00550. The van der Waals surface area contributed by atoms with Crippen LogP contribution in [0.5, 0.6) is 0 Å². The molecule has 10 amide bonds. The number of hydrogen-bond acceptors (Lipinski definition) is 31. The highest BCUT2D eigenvalue weighted by Crippen LogP contribution is 2.38. The van der Waals surface area contributed by atoms with E-state index >= 15 is 0 Å². The second-order valence-electron chi connectivity index (χ2n) is 32.5. The molecule has 19 N–H and O–H groups in total. The number of carbonyl (C=O) groups excluding carboxylic acids is 11. The Bertz CT molecular complexity index is 2950. The van der Waals surface area contributed by atoms with E-state index in [1.807, 2.05) is 6.92 Å². The zero-order chi connectivity index (χ0) is 91.4. The van der Waals surface area contributed by atoms with E-state index in [1.165, 1.54) is 20.8 Å². The summed E-state index contributed by atoms with van der Waals surface area (Å²) in [5, 5.41) is 116. The Hall–Kier alpha value is -6.20. The summed E-state index contributed by atoms with van der Waals surface area (Å²) in [4.78, 5) is 152. The van der Waals surface area contributed by atoms with Crippen molar-refractivity contribution >= 4 is 72.5 Å². The minimum atomic E-state index is -3.69. The summed E-state index contributed by atoms with van der Waals surface area (Å²) in [5.41, 5.74) is -1.19. The number of likely N-dealkylation sites (tertiary alicyclic amines) is 1. The molecule has 716 valence electrons. The molecule has 0 aliphatic carbocycles. The first kappa shape index (κ1) is 110. The molecule has 0 aromatic carbocycles. The van der Waals surface area contributed by atoms with E-state index < -0.39 is 142 Å². The molecule has 0 radical (unpaired) electrons. The van der Waals surface area contributed by atoms with Gasteiger partial charge in [0.15, 0.2) is 18.9 Å². The first-order valence-corrected chi connectivity index (χ1v) is 45.9. The van der Waals surface area contributed by atoms with Crippen molar-refractivity contribution in [1.82, 2.24) is 52.8 Å². The van der Waals surface area contributed by atoms with Crippen molar-refractivity contribution in [2.45, 2.75) is 299 Å². The zero-order valence-electron chi connectivity index (χ0n) is 72.9. The van der Waals surface area contributed by atoms with Crippen LogP contribution in [0.2, 0.25) is 0 Å². The highest BCUT2D eigenvalue weighted by atomic mass is 31.2. The summed E-state index contributed by atoms with van der Waals surface area (Å²) in [7, 11) is -3.69. The van der Waals surface area contributed by atoms with Gasteiger partial charge in [0.05, 0.1) is 72.1 Å². The van der Waals surface area contributed by atoms with E-state index in [0.717, 1.165) is 45.2 Å². The van der Waals surface area contributed by atoms with Gasteiger partial charge in [0.25, 0.3) is 0 Å². The number of hydrogen-bond donors (Lipinski definition) is 19. The average Bonchev–Trinajstić information content (AvgIpc) is 1.01. The van der Waals surface area contributed by atoms with Gasteiger partial charge in [-0.1, -0.05) is 45.4 Å². The van der Waals surface area contributed by atoms with Crippen molar-refractivity contribution in [3.63, 3.8) is 0 Å². The maximum absolute atomic E-state index is 14.2. The van der Waals surface area contributed by atoms with Crippen LogP contribution < -0.4 is 47.9 Å². The van der Waals surface area contributed by atoms with Crippen molar-refractivity contribution < 1.29 is 155 Å². The van der Waals surface area contributed by atoms with Crippen molar-refractivity contribution in [3.05, 3.63) is 0 Å². The smallest absolute Gasteiger partial charge is 0.325 e. The molecule has 16 unspecified atom stereocenters. The van der Waals surface area contributed by atoms with Gasteiger partial charge in [0.1, 0.15) is 78.8 Å². The summed E-state index contributed by atoms with van der Waals surface area (Å²) in [6, 6.07) is -3.54. The van der Waals surface area contributed by atoms with E-state index in [1.54, 1.807) is 4.90 Å². The molecule has 43 heteroatoms. The third-order valence-electron chi connectivity index (χ3n) is 21.3. The van der Waals surface area contributed by atoms with Crippen LogP contribution in [-0.4, -0.2) is 357 Å². The number of rotatable bonds is 67. The Kier molecular flexibility index (Phi) is 55.2. The number of ketones is 1. The van der Waals surface area contributed by atoms with Crippen LogP contribution in [0.1, 0.15) is 201 Å². The molecule has 4 fully saturated rings. The Morgan fingerprint density at radius 1 is 0.403 bits per heavy atom. The molecule has 0 spiro atoms. The van der Waals surface area contributed by atoms with Gasteiger partial charge in [-0.2, -0.15) is 0 Å². The maximum Gasteiger partial charge on any atom is 0.325 e.